The van der Waals surface area contributed by atoms with Gasteiger partial charge in [0.15, 0.2) is 0 Å². The molecular formula is C34H46F4N8O5S. The van der Waals surface area contributed by atoms with Crippen molar-refractivity contribution in [3.63, 3.8) is 0 Å². The Labute approximate surface area is 300 Å². The number of benzene rings is 1. The van der Waals surface area contributed by atoms with E-state index in [9.17, 15) is 31.5 Å². The Bertz CT molecular complexity index is 1840. The number of nitrogens with one attached hydrogen (secondary N) is 2. The quantitative estimate of drug-likeness (QED) is 0.229. The van der Waals surface area contributed by atoms with Gasteiger partial charge in [-0.1, -0.05) is 0 Å². The molecule has 4 heterocycles. The number of aromatic nitrogens is 4. The van der Waals surface area contributed by atoms with Gasteiger partial charge in [0.1, 0.15) is 17.0 Å². The van der Waals surface area contributed by atoms with Gasteiger partial charge in [0.25, 0.3) is 0 Å². The summed E-state index contributed by atoms with van der Waals surface area (Å²) in [6.45, 7) is 12.1. The molecule has 0 radical (unpaired) electrons. The maximum atomic E-state index is 15.2. The maximum absolute atomic E-state index is 15.2. The van der Waals surface area contributed by atoms with Crippen LogP contribution in [0.15, 0.2) is 41.7 Å². The van der Waals surface area contributed by atoms with Crippen LogP contribution in [0.1, 0.15) is 65.9 Å². The van der Waals surface area contributed by atoms with Gasteiger partial charge in [-0.25, -0.2) is 32.3 Å². The molecule has 52 heavy (non-hydrogen) atoms. The highest BCUT2D eigenvalue weighted by molar-refractivity contribution is 7.89. The number of carbonyl (C=O) groups is 1. The van der Waals surface area contributed by atoms with E-state index in [1.807, 2.05) is 20.8 Å². The lowest BCUT2D eigenvalue weighted by molar-refractivity contribution is -0.137. The fourth-order valence-corrected chi connectivity index (χ4v) is 7.42. The lowest BCUT2D eigenvalue weighted by Crippen LogP contribution is -2.49. The third kappa shape index (κ3) is 10.2. The number of halogens is 4. The number of sulfonamides is 1. The Hall–Kier alpha value is -3.87. The van der Waals surface area contributed by atoms with Crippen LogP contribution in [-0.4, -0.2) is 99.6 Å². The molecule has 1 aromatic carbocycles. The number of rotatable bonds is 10. The standard InChI is InChI=1S/C34H46F4N8O5S/c1-31(2,3)51-30(47)45-15-10-33(11-16-45)8-13-44(14-9-33)17-12-41-52(49,50)24-6-7-27(26(35)18-24)42-29-39-20-25(34(36,37)38)28(43-29)23-19-40-46(21-23)22-32(4,5)48/h6-7,18-21,41,48H,8-17,22H2,1-5H3,(H,39,42,43). The minimum atomic E-state index is -4.81. The molecule has 5 rings (SSSR count). The van der Waals surface area contributed by atoms with Crippen LogP contribution in [0.4, 0.5) is 34.0 Å². The molecule has 18 heteroatoms. The highest BCUT2D eigenvalue weighted by atomic mass is 32.2. The van der Waals surface area contributed by atoms with Crippen molar-refractivity contribution in [2.45, 2.75) is 89.1 Å². The number of likely N-dealkylation sites (tertiary alicyclic amines) is 2. The summed E-state index contributed by atoms with van der Waals surface area (Å²) >= 11 is 0. The van der Waals surface area contributed by atoms with Gasteiger partial charge in [-0.15, -0.1) is 0 Å². The van der Waals surface area contributed by atoms with Crippen molar-refractivity contribution in [1.29, 1.82) is 0 Å². The predicted octanol–water partition coefficient (Wildman–Crippen LogP) is 5.40. The normalized spacial score (nSPS) is 17.4. The lowest BCUT2D eigenvalue weighted by Gasteiger charge is -2.46. The summed E-state index contributed by atoms with van der Waals surface area (Å²) < 4.78 is 92.0. The van der Waals surface area contributed by atoms with Gasteiger partial charge in [0, 0.05) is 44.1 Å². The molecule has 1 amide bonds. The zero-order chi connectivity index (χ0) is 38.1. The third-order valence-electron chi connectivity index (χ3n) is 9.16. The number of hydrogen-bond acceptors (Lipinski definition) is 10. The molecule has 2 aliphatic rings. The summed E-state index contributed by atoms with van der Waals surface area (Å²) in [5.41, 5.74) is -3.47. The van der Waals surface area contributed by atoms with E-state index in [-0.39, 0.29) is 46.7 Å². The molecule has 2 aliphatic heterocycles. The number of amides is 1. The molecule has 0 aliphatic carbocycles. The number of ether oxygens (including phenoxy) is 1. The zero-order valence-electron chi connectivity index (χ0n) is 29.9. The van der Waals surface area contributed by atoms with E-state index in [0.29, 0.717) is 25.8 Å². The van der Waals surface area contributed by atoms with E-state index < -0.39 is 44.5 Å². The second kappa shape index (κ2) is 14.9. The molecular weight excluding hydrogens is 708 g/mol. The maximum Gasteiger partial charge on any atom is 0.419 e. The molecule has 1 spiro atoms. The smallest absolute Gasteiger partial charge is 0.419 e. The van der Waals surface area contributed by atoms with Crippen molar-refractivity contribution in [3.05, 3.63) is 48.2 Å². The van der Waals surface area contributed by atoms with Crippen LogP contribution < -0.4 is 10.0 Å². The largest absolute Gasteiger partial charge is 0.444 e. The Morgan fingerprint density at radius 2 is 1.67 bits per heavy atom. The van der Waals surface area contributed by atoms with Crippen LogP contribution in [0.5, 0.6) is 0 Å². The second-order valence-electron chi connectivity index (χ2n) is 15.2. The summed E-state index contributed by atoms with van der Waals surface area (Å²) in [5, 5.41) is 16.6. The van der Waals surface area contributed by atoms with Crippen LogP contribution >= 0.6 is 0 Å². The number of carbonyl (C=O) groups excluding carboxylic acids is 1. The van der Waals surface area contributed by atoms with Crippen molar-refractivity contribution in [3.8, 4) is 11.3 Å². The average molecular weight is 755 g/mol. The first kappa shape index (κ1) is 39.3. The molecule has 2 fully saturated rings. The summed E-state index contributed by atoms with van der Waals surface area (Å²) in [6.07, 6.45) is 1.61. The molecule has 13 nitrogen and oxygen atoms in total. The van der Waals surface area contributed by atoms with E-state index in [2.05, 4.69) is 30.0 Å². The number of aliphatic hydroxyl groups is 1. The van der Waals surface area contributed by atoms with Crippen molar-refractivity contribution >= 4 is 27.8 Å². The summed E-state index contributed by atoms with van der Waals surface area (Å²) in [4.78, 5) is 23.8. The van der Waals surface area contributed by atoms with Crippen LogP contribution in [0.25, 0.3) is 11.3 Å². The molecule has 3 N–H and O–H groups in total. The Kier molecular flexibility index (Phi) is 11.2. The van der Waals surface area contributed by atoms with Gasteiger partial charge >= 0.3 is 12.3 Å². The molecule has 0 saturated carbocycles. The molecule has 2 saturated heterocycles. The monoisotopic (exact) mass is 754 g/mol. The molecule has 3 aromatic rings. The SMILES string of the molecule is CC(C)(O)Cn1cc(-c2nc(Nc3ccc(S(=O)(=O)NCCN4CCC5(CC4)CCN(C(=O)OC(C)(C)C)CC5)cc3F)ncc2C(F)(F)F)cn1. The molecule has 0 atom stereocenters. The average Bonchev–Trinajstić information content (AvgIpc) is 3.49. The highest BCUT2D eigenvalue weighted by Crippen LogP contribution is 2.41. The fraction of sp³-hybridized carbons (Fsp3) is 0.588. The summed E-state index contributed by atoms with van der Waals surface area (Å²) in [5.74, 6) is -1.34. The van der Waals surface area contributed by atoms with Crippen LogP contribution in [0.3, 0.4) is 0 Å². The molecule has 286 valence electrons. The highest BCUT2D eigenvalue weighted by Gasteiger charge is 2.39. The third-order valence-corrected chi connectivity index (χ3v) is 10.6. The Morgan fingerprint density at radius 1 is 1.02 bits per heavy atom. The predicted molar refractivity (Wildman–Crippen MR) is 185 cm³/mol. The van der Waals surface area contributed by atoms with Gasteiger partial charge in [-0.05, 0) is 97.0 Å². The van der Waals surface area contributed by atoms with E-state index in [1.165, 1.54) is 37.0 Å². The number of piperidine rings is 2. The minimum absolute atomic E-state index is 0.000285. The topological polar surface area (TPSA) is 155 Å². The van der Waals surface area contributed by atoms with Gasteiger partial charge in [0.05, 0.1) is 34.6 Å². The van der Waals surface area contributed by atoms with E-state index in [0.717, 1.165) is 50.9 Å². The Balaban J connectivity index is 1.15. The number of hydrogen-bond donors (Lipinski definition) is 3. The zero-order valence-corrected chi connectivity index (χ0v) is 30.7. The summed E-state index contributed by atoms with van der Waals surface area (Å²) in [7, 11) is -4.08. The van der Waals surface area contributed by atoms with E-state index in [4.69, 9.17) is 4.74 Å². The number of alkyl halides is 3. The summed E-state index contributed by atoms with van der Waals surface area (Å²) in [6, 6.07) is 3.13. The van der Waals surface area contributed by atoms with Crippen molar-refractivity contribution in [1.82, 2.24) is 34.3 Å². The first-order chi connectivity index (χ1) is 24.1. The Morgan fingerprint density at radius 3 is 2.27 bits per heavy atom. The van der Waals surface area contributed by atoms with Gasteiger partial charge < -0.3 is 25.0 Å². The van der Waals surface area contributed by atoms with Crippen LogP contribution in [0.2, 0.25) is 0 Å². The number of anilines is 2. The van der Waals surface area contributed by atoms with Crippen molar-refractivity contribution in [2.75, 3.05) is 44.6 Å². The first-order valence-electron chi connectivity index (χ1n) is 17.1. The number of nitrogens with zero attached hydrogens (tertiary/aromatic N) is 6. The second-order valence-corrected chi connectivity index (χ2v) is 16.9. The minimum Gasteiger partial charge on any atom is -0.444 e. The van der Waals surface area contributed by atoms with Gasteiger partial charge in [-0.3, -0.25) is 4.68 Å². The van der Waals surface area contributed by atoms with Gasteiger partial charge in [0.2, 0.25) is 16.0 Å². The fourth-order valence-electron chi connectivity index (χ4n) is 6.39. The van der Waals surface area contributed by atoms with Gasteiger partial charge in [-0.2, -0.15) is 18.3 Å². The van der Waals surface area contributed by atoms with Crippen LogP contribution in [-0.2, 0) is 27.5 Å². The van der Waals surface area contributed by atoms with Crippen molar-refractivity contribution < 1.29 is 40.6 Å². The first-order valence-corrected chi connectivity index (χ1v) is 18.6. The van der Waals surface area contributed by atoms with Crippen LogP contribution in [0, 0.1) is 11.2 Å². The molecule has 0 bridgehead atoms. The molecule has 2 aromatic heterocycles. The van der Waals surface area contributed by atoms with E-state index >= 15 is 4.39 Å². The van der Waals surface area contributed by atoms with Crippen molar-refractivity contribution in [2.24, 2.45) is 5.41 Å². The lowest BCUT2D eigenvalue weighted by atomic mass is 9.71. The molecule has 0 unspecified atom stereocenters. The van der Waals surface area contributed by atoms with E-state index in [1.54, 1.807) is 4.90 Å².